The molecule has 2 aromatic rings. The van der Waals surface area contributed by atoms with E-state index in [0.29, 0.717) is 11.8 Å². The Labute approximate surface area is 134 Å². The summed E-state index contributed by atoms with van der Waals surface area (Å²) >= 11 is 0. The molecule has 0 N–H and O–H groups in total. The lowest BCUT2D eigenvalue weighted by Gasteiger charge is -2.03. The van der Waals surface area contributed by atoms with Gasteiger partial charge < -0.3 is 8.83 Å². The van der Waals surface area contributed by atoms with E-state index in [4.69, 9.17) is 8.83 Å². The molecule has 0 amide bonds. The smallest absolute Gasteiger partial charge is 0.173 e. The Bertz CT molecular complexity index is 545. The fourth-order valence-electron chi connectivity index (χ4n) is 2.76. The molecule has 0 saturated heterocycles. The first-order valence-electron chi connectivity index (χ1n) is 8.73. The van der Waals surface area contributed by atoms with Gasteiger partial charge in [-0.05, 0) is 25.0 Å². The third kappa shape index (κ3) is 3.48. The van der Waals surface area contributed by atoms with E-state index >= 15 is 0 Å². The average Bonchev–Trinajstić information content (AvgIpc) is 3.04. The Kier molecular flexibility index (Phi) is 5.55. The van der Waals surface area contributed by atoms with Crippen molar-refractivity contribution in [1.29, 1.82) is 0 Å². The van der Waals surface area contributed by atoms with E-state index in [1.165, 1.54) is 11.1 Å². The van der Waals surface area contributed by atoms with Crippen molar-refractivity contribution in [1.82, 2.24) is 0 Å². The maximum absolute atomic E-state index is 6.20. The number of hydrogen-bond donors (Lipinski definition) is 0. The third-order valence-electron chi connectivity index (χ3n) is 4.04. The normalized spacial score (nSPS) is 11.8. The fourth-order valence-corrected chi connectivity index (χ4v) is 2.76. The Balaban J connectivity index is 2.53. The van der Waals surface area contributed by atoms with E-state index in [0.717, 1.165) is 48.7 Å². The molecule has 0 aliphatic rings. The van der Waals surface area contributed by atoms with E-state index in [2.05, 4.69) is 53.7 Å². The van der Waals surface area contributed by atoms with Crippen molar-refractivity contribution in [3.8, 4) is 11.5 Å². The molecule has 0 aliphatic carbocycles. The molecule has 22 heavy (non-hydrogen) atoms. The topological polar surface area (TPSA) is 26.3 Å². The largest absolute Gasteiger partial charge is 0.457 e. The first-order valence-corrected chi connectivity index (χ1v) is 8.73. The molecule has 2 heteroatoms. The van der Waals surface area contributed by atoms with Crippen LogP contribution in [0.1, 0.15) is 88.9 Å². The summed E-state index contributed by atoms with van der Waals surface area (Å²) in [4.78, 5) is 0. The minimum atomic E-state index is 0.401. The number of rotatable bonds is 7. The van der Waals surface area contributed by atoms with Crippen molar-refractivity contribution in [3.63, 3.8) is 0 Å². The van der Waals surface area contributed by atoms with E-state index in [1.807, 2.05) is 0 Å². The number of furan rings is 2. The van der Waals surface area contributed by atoms with Crippen molar-refractivity contribution in [2.24, 2.45) is 0 Å². The summed E-state index contributed by atoms with van der Waals surface area (Å²) in [5, 5.41) is 0. The quantitative estimate of drug-likeness (QED) is 0.569. The van der Waals surface area contributed by atoms with E-state index in [-0.39, 0.29) is 0 Å². The standard InChI is InChI=1S/C20H30O2/c1-7-9-15-11-17(13(3)4)21-19(15)20-16(10-8-2)12-18(22-20)14(5)6/h11-14H,7-10H2,1-6H3. The maximum Gasteiger partial charge on any atom is 0.173 e. The molecule has 2 rings (SSSR count). The van der Waals surface area contributed by atoms with Gasteiger partial charge in [0, 0.05) is 23.0 Å². The van der Waals surface area contributed by atoms with Crippen LogP contribution in [0.25, 0.3) is 11.5 Å². The Morgan fingerprint density at radius 1 is 0.727 bits per heavy atom. The van der Waals surface area contributed by atoms with Crippen LogP contribution >= 0.6 is 0 Å². The average molecular weight is 302 g/mol. The van der Waals surface area contributed by atoms with Gasteiger partial charge in [-0.3, -0.25) is 0 Å². The van der Waals surface area contributed by atoms with E-state index in [1.54, 1.807) is 0 Å². The molecule has 0 aliphatic heterocycles. The summed E-state index contributed by atoms with van der Waals surface area (Å²) in [6, 6.07) is 4.44. The Morgan fingerprint density at radius 2 is 1.09 bits per heavy atom. The van der Waals surface area contributed by atoms with Crippen molar-refractivity contribution >= 4 is 0 Å². The van der Waals surface area contributed by atoms with Gasteiger partial charge in [0.15, 0.2) is 11.5 Å². The molecule has 0 aromatic carbocycles. The molecule has 0 spiro atoms. The second kappa shape index (κ2) is 7.21. The highest BCUT2D eigenvalue weighted by Gasteiger charge is 2.22. The van der Waals surface area contributed by atoms with Crippen LogP contribution < -0.4 is 0 Å². The van der Waals surface area contributed by atoms with Crippen molar-refractivity contribution in [3.05, 3.63) is 34.8 Å². The first-order chi connectivity index (χ1) is 10.5. The van der Waals surface area contributed by atoms with Crippen molar-refractivity contribution < 1.29 is 8.83 Å². The number of aryl methyl sites for hydroxylation is 2. The molecule has 0 bridgehead atoms. The SMILES string of the molecule is CCCc1cc(C(C)C)oc1-c1oc(C(C)C)cc1CCC. The van der Waals surface area contributed by atoms with Crippen LogP contribution in [-0.4, -0.2) is 0 Å². The lowest BCUT2D eigenvalue weighted by molar-refractivity contribution is 0.452. The molecule has 0 radical (unpaired) electrons. The van der Waals surface area contributed by atoms with E-state index < -0.39 is 0 Å². The van der Waals surface area contributed by atoms with Crippen LogP contribution in [0.3, 0.4) is 0 Å². The summed E-state index contributed by atoms with van der Waals surface area (Å²) in [5.41, 5.74) is 2.57. The van der Waals surface area contributed by atoms with Gasteiger partial charge in [-0.2, -0.15) is 0 Å². The van der Waals surface area contributed by atoms with Crippen LogP contribution in [0.15, 0.2) is 21.0 Å². The maximum atomic E-state index is 6.20. The summed E-state index contributed by atoms with van der Waals surface area (Å²) < 4.78 is 12.4. The predicted molar refractivity (Wildman–Crippen MR) is 92.6 cm³/mol. The number of hydrogen-bond acceptors (Lipinski definition) is 2. The Hall–Kier alpha value is -1.44. The van der Waals surface area contributed by atoms with E-state index in [9.17, 15) is 0 Å². The molecule has 0 fully saturated rings. The molecule has 2 nitrogen and oxygen atoms in total. The summed E-state index contributed by atoms with van der Waals surface area (Å²) in [5.74, 6) is 4.84. The summed E-state index contributed by atoms with van der Waals surface area (Å²) in [7, 11) is 0. The summed E-state index contributed by atoms with van der Waals surface area (Å²) in [6.45, 7) is 13.1. The zero-order valence-electron chi connectivity index (χ0n) is 15.0. The van der Waals surface area contributed by atoms with Gasteiger partial charge >= 0.3 is 0 Å². The first kappa shape index (κ1) is 16.9. The molecule has 0 atom stereocenters. The minimum Gasteiger partial charge on any atom is -0.457 e. The minimum absolute atomic E-state index is 0.401. The van der Waals surface area contributed by atoms with Gasteiger partial charge in [-0.15, -0.1) is 0 Å². The fraction of sp³-hybridized carbons (Fsp3) is 0.600. The highest BCUT2D eigenvalue weighted by Crippen LogP contribution is 2.37. The highest BCUT2D eigenvalue weighted by atomic mass is 16.4. The van der Waals surface area contributed by atoms with Gasteiger partial charge in [0.05, 0.1) is 0 Å². The molecule has 2 heterocycles. The zero-order chi connectivity index (χ0) is 16.3. The Morgan fingerprint density at radius 3 is 1.36 bits per heavy atom. The third-order valence-corrected chi connectivity index (χ3v) is 4.04. The monoisotopic (exact) mass is 302 g/mol. The van der Waals surface area contributed by atoms with Gasteiger partial charge in [0.25, 0.3) is 0 Å². The van der Waals surface area contributed by atoms with Gasteiger partial charge in [-0.25, -0.2) is 0 Å². The molecular weight excluding hydrogens is 272 g/mol. The van der Waals surface area contributed by atoms with Crippen LogP contribution in [0.5, 0.6) is 0 Å². The molecule has 0 unspecified atom stereocenters. The molecule has 0 saturated carbocycles. The second-order valence-corrected chi connectivity index (χ2v) is 6.82. The van der Waals surface area contributed by atoms with Crippen LogP contribution in [0, 0.1) is 0 Å². The van der Waals surface area contributed by atoms with Crippen molar-refractivity contribution in [2.75, 3.05) is 0 Å². The molecule has 2 aromatic heterocycles. The lowest BCUT2D eigenvalue weighted by Crippen LogP contribution is -1.87. The molecular formula is C20H30O2. The second-order valence-electron chi connectivity index (χ2n) is 6.82. The van der Waals surface area contributed by atoms with Gasteiger partial charge in [-0.1, -0.05) is 54.4 Å². The van der Waals surface area contributed by atoms with Crippen LogP contribution in [0.2, 0.25) is 0 Å². The predicted octanol–water partition coefficient (Wildman–Crippen LogP) is 6.69. The van der Waals surface area contributed by atoms with Crippen LogP contribution in [-0.2, 0) is 12.8 Å². The van der Waals surface area contributed by atoms with Crippen molar-refractivity contribution in [2.45, 2.75) is 79.1 Å². The molecule has 122 valence electrons. The van der Waals surface area contributed by atoms with Gasteiger partial charge in [0.1, 0.15) is 11.5 Å². The lowest BCUT2D eigenvalue weighted by atomic mass is 10.0. The summed E-state index contributed by atoms with van der Waals surface area (Å²) in [6.07, 6.45) is 4.31. The zero-order valence-corrected chi connectivity index (χ0v) is 15.0. The highest BCUT2D eigenvalue weighted by molar-refractivity contribution is 5.61. The van der Waals surface area contributed by atoms with Gasteiger partial charge in [0.2, 0.25) is 0 Å². The van der Waals surface area contributed by atoms with Crippen LogP contribution in [0.4, 0.5) is 0 Å².